The number of amides is 4. The van der Waals surface area contributed by atoms with Crippen LogP contribution in [0.25, 0.3) is 0 Å². The van der Waals surface area contributed by atoms with Crippen LogP contribution >= 0.6 is 0 Å². The number of rotatable bonds is 26. The molecule has 1 fully saturated rings. The summed E-state index contributed by atoms with van der Waals surface area (Å²) in [7, 11) is 10.2. The maximum absolute atomic E-state index is 14.5. The third kappa shape index (κ3) is 15.3. The number of carbonyl (C=O) groups is 5. The first-order valence-corrected chi connectivity index (χ1v) is 22.5. The lowest BCUT2D eigenvalue weighted by atomic mass is 9.89. The molecule has 1 heterocycles. The van der Waals surface area contributed by atoms with E-state index in [0.29, 0.717) is 19.0 Å². The summed E-state index contributed by atoms with van der Waals surface area (Å²) in [5, 5.41) is 6.01. The number of hydrogen-bond donors (Lipinski definition) is 2. The zero-order chi connectivity index (χ0) is 46.1. The van der Waals surface area contributed by atoms with E-state index < -0.39 is 54.3 Å². The van der Waals surface area contributed by atoms with Gasteiger partial charge in [-0.15, -0.1) is 0 Å². The topological polar surface area (TPSA) is 150 Å². The number of benzene rings is 1. The Labute approximate surface area is 368 Å². The first kappa shape index (κ1) is 53.5. The monoisotopic (exact) mass is 859 g/mol. The summed E-state index contributed by atoms with van der Waals surface area (Å²) in [6.07, 6.45) is 1.96. The highest BCUT2D eigenvalue weighted by molar-refractivity contribution is 5.90. The molecule has 0 unspecified atom stereocenters. The molecule has 1 saturated heterocycles. The summed E-state index contributed by atoms with van der Waals surface area (Å²) in [6.45, 7) is 20.2. The predicted octanol–water partition coefficient (Wildman–Crippen LogP) is 4.63. The number of ether oxygens (including phenoxy) is 3. The normalized spacial score (nSPS) is 18.4. The Bertz CT molecular complexity index is 1510. The van der Waals surface area contributed by atoms with Crippen molar-refractivity contribution in [2.75, 3.05) is 62.1 Å². The van der Waals surface area contributed by atoms with E-state index in [4.69, 9.17) is 14.2 Å². The molecule has 2 N–H and O–H groups in total. The van der Waals surface area contributed by atoms with Crippen molar-refractivity contribution in [1.29, 1.82) is 0 Å². The van der Waals surface area contributed by atoms with E-state index in [1.807, 2.05) is 78.9 Å². The number of likely N-dealkylation sites (tertiary alicyclic amines) is 1. The van der Waals surface area contributed by atoms with Gasteiger partial charge in [-0.25, -0.2) is 4.79 Å². The van der Waals surface area contributed by atoms with Crippen LogP contribution in [0.15, 0.2) is 30.3 Å². The highest BCUT2D eigenvalue weighted by Gasteiger charge is 2.43. The van der Waals surface area contributed by atoms with Gasteiger partial charge in [0.25, 0.3) is 0 Å². The summed E-state index contributed by atoms with van der Waals surface area (Å²) < 4.78 is 17.1. The average Bonchev–Trinajstić information content (AvgIpc) is 3.71. The lowest BCUT2D eigenvalue weighted by Gasteiger charge is -2.41. The van der Waals surface area contributed by atoms with E-state index >= 15 is 0 Å². The molecule has 0 saturated carbocycles. The van der Waals surface area contributed by atoms with E-state index in [2.05, 4.69) is 41.3 Å². The largest absolute Gasteiger partial charge is 0.467 e. The van der Waals surface area contributed by atoms with Gasteiger partial charge in [0.1, 0.15) is 12.1 Å². The van der Waals surface area contributed by atoms with Crippen LogP contribution in [0.3, 0.4) is 0 Å². The maximum atomic E-state index is 14.5. The lowest BCUT2D eigenvalue weighted by Crippen LogP contribution is -2.60. The van der Waals surface area contributed by atoms with E-state index in [-0.39, 0.29) is 54.2 Å². The van der Waals surface area contributed by atoms with Crippen LogP contribution in [0.1, 0.15) is 100.0 Å². The molecule has 2 rings (SSSR count). The Morgan fingerprint density at radius 2 is 1.44 bits per heavy atom. The van der Waals surface area contributed by atoms with Crippen molar-refractivity contribution in [1.82, 2.24) is 30.2 Å². The van der Waals surface area contributed by atoms with Crippen LogP contribution in [-0.4, -0.2) is 160 Å². The Morgan fingerprint density at radius 1 is 0.820 bits per heavy atom. The second-order valence-corrected chi connectivity index (χ2v) is 18.2. The first-order valence-electron chi connectivity index (χ1n) is 22.5. The van der Waals surface area contributed by atoms with Gasteiger partial charge in [-0.05, 0) is 83.6 Å². The molecule has 1 aliphatic rings. The van der Waals surface area contributed by atoms with E-state index in [9.17, 15) is 24.0 Å². The highest BCUT2D eigenvalue weighted by atomic mass is 16.5. The van der Waals surface area contributed by atoms with E-state index in [0.717, 1.165) is 37.9 Å². The second-order valence-electron chi connectivity index (χ2n) is 18.2. The molecule has 61 heavy (non-hydrogen) atoms. The first-order chi connectivity index (χ1) is 28.7. The number of hydrogen-bond acceptors (Lipinski definition) is 10. The SMILES string of the molecule is CC[C@H](C)[C@@H]([C@@H](CC(=O)N1CCC[C@H]1[C@H](OC)[C@@H](C)C(=O)N[C@@H](Cc1ccccc1)C(=O)OC)OC)N(C)C(=O)[C@@H](NC(=O)[C@H](C(C)C)N(C)CCCN(C)C(C)C)C(C)C. The van der Waals surface area contributed by atoms with Gasteiger partial charge in [-0.2, -0.15) is 0 Å². The minimum absolute atomic E-state index is 0.00302. The van der Waals surface area contributed by atoms with Crippen molar-refractivity contribution in [3.05, 3.63) is 35.9 Å². The van der Waals surface area contributed by atoms with Gasteiger partial charge in [0, 0.05) is 40.3 Å². The summed E-state index contributed by atoms with van der Waals surface area (Å²) in [4.78, 5) is 77.2. The molecule has 4 amide bonds. The summed E-state index contributed by atoms with van der Waals surface area (Å²) in [6, 6.07) is 6.86. The standard InChI is InChI=1S/C47H82N6O8/c1-16-33(8)42(52(12)46(57)40(30(2)3)49-45(56)41(31(4)5)51(11)26-21-25-50(10)32(6)7)38(59-13)29-39(54)53-27-20-24-37(53)43(60-14)34(9)44(55)48-36(47(58)61-15)28-35-22-18-17-19-23-35/h17-19,22-23,30-34,36-38,40-43H,16,20-21,24-29H2,1-15H3,(H,48,55)(H,49,56)/t33-,34+,36-,37-,38+,40-,41-,42-,43+/m0/s1. The van der Waals surface area contributed by atoms with Gasteiger partial charge in [0.2, 0.25) is 23.6 Å². The number of likely N-dealkylation sites (N-methyl/N-ethyl adjacent to an activating group) is 2. The quantitative estimate of drug-likeness (QED) is 0.126. The maximum Gasteiger partial charge on any atom is 0.328 e. The number of methoxy groups -OCH3 is 3. The second kappa shape index (κ2) is 26.1. The van der Waals surface area contributed by atoms with Crippen LogP contribution in [0.4, 0.5) is 0 Å². The molecular weight excluding hydrogens is 777 g/mol. The molecule has 14 heteroatoms. The summed E-state index contributed by atoms with van der Waals surface area (Å²) in [5.41, 5.74) is 0.876. The van der Waals surface area contributed by atoms with Gasteiger partial charge in [-0.1, -0.05) is 85.2 Å². The van der Waals surface area contributed by atoms with Crippen molar-refractivity contribution in [3.8, 4) is 0 Å². The van der Waals surface area contributed by atoms with Gasteiger partial charge >= 0.3 is 5.97 Å². The Balaban J connectivity index is 2.27. The molecule has 14 nitrogen and oxygen atoms in total. The molecule has 348 valence electrons. The minimum atomic E-state index is -0.894. The van der Waals surface area contributed by atoms with Gasteiger partial charge in [-0.3, -0.25) is 24.1 Å². The van der Waals surface area contributed by atoms with E-state index in [1.165, 1.54) is 14.2 Å². The summed E-state index contributed by atoms with van der Waals surface area (Å²) >= 11 is 0. The third-order valence-electron chi connectivity index (χ3n) is 12.9. The number of nitrogens with one attached hydrogen (secondary N) is 2. The molecule has 9 atom stereocenters. The van der Waals surface area contributed by atoms with Crippen LogP contribution in [0.5, 0.6) is 0 Å². The molecule has 1 aliphatic heterocycles. The van der Waals surface area contributed by atoms with Crippen LogP contribution < -0.4 is 10.6 Å². The fourth-order valence-electron chi connectivity index (χ4n) is 8.74. The van der Waals surface area contributed by atoms with Gasteiger partial charge in [0.15, 0.2) is 0 Å². The Morgan fingerprint density at radius 3 is 1.97 bits per heavy atom. The smallest absolute Gasteiger partial charge is 0.328 e. The molecular formula is C47H82N6O8. The van der Waals surface area contributed by atoms with Crippen molar-refractivity contribution in [3.63, 3.8) is 0 Å². The average molecular weight is 859 g/mol. The fourth-order valence-corrected chi connectivity index (χ4v) is 8.74. The minimum Gasteiger partial charge on any atom is -0.467 e. The predicted molar refractivity (Wildman–Crippen MR) is 241 cm³/mol. The van der Waals surface area contributed by atoms with Crippen LogP contribution in [0.2, 0.25) is 0 Å². The third-order valence-corrected chi connectivity index (χ3v) is 12.9. The van der Waals surface area contributed by atoms with Crippen molar-refractivity contribution >= 4 is 29.6 Å². The zero-order valence-corrected chi connectivity index (χ0v) is 40.2. The van der Waals surface area contributed by atoms with Gasteiger partial charge in [0.05, 0.1) is 49.8 Å². The molecule has 0 aromatic heterocycles. The number of carbonyl (C=O) groups excluding carboxylic acids is 5. The Kier molecular flexibility index (Phi) is 22.9. The van der Waals surface area contributed by atoms with Crippen LogP contribution in [-0.2, 0) is 44.6 Å². The molecule has 0 bridgehead atoms. The molecule has 0 radical (unpaired) electrons. The van der Waals surface area contributed by atoms with E-state index in [1.54, 1.807) is 30.9 Å². The molecule has 1 aromatic rings. The zero-order valence-electron chi connectivity index (χ0n) is 40.2. The number of nitrogens with zero attached hydrogens (tertiary/aromatic N) is 4. The number of esters is 1. The molecule has 0 spiro atoms. The van der Waals surface area contributed by atoms with Crippen LogP contribution in [0, 0.1) is 23.7 Å². The summed E-state index contributed by atoms with van der Waals surface area (Å²) in [5.74, 6) is -2.43. The van der Waals surface area contributed by atoms with Crippen molar-refractivity contribution < 1.29 is 38.2 Å². The molecule has 0 aliphatic carbocycles. The fraction of sp³-hybridized carbons (Fsp3) is 0.766. The van der Waals surface area contributed by atoms with Gasteiger partial charge < -0.3 is 39.5 Å². The lowest BCUT2D eigenvalue weighted by molar-refractivity contribution is -0.149. The van der Waals surface area contributed by atoms with Crippen molar-refractivity contribution in [2.45, 2.75) is 149 Å². The Hall–Kier alpha value is -3.59. The molecule has 1 aromatic carbocycles. The van der Waals surface area contributed by atoms with Crippen molar-refractivity contribution in [2.24, 2.45) is 23.7 Å². The highest BCUT2D eigenvalue weighted by Crippen LogP contribution is 2.30.